The Bertz CT molecular complexity index is 464. The summed E-state index contributed by atoms with van der Waals surface area (Å²) in [5.74, 6) is 1.82. The van der Waals surface area contributed by atoms with Gasteiger partial charge in [-0.25, -0.2) is 4.98 Å². The number of oxazole rings is 1. The fourth-order valence-corrected chi connectivity index (χ4v) is 1.88. The summed E-state index contributed by atoms with van der Waals surface area (Å²) in [6, 6.07) is 8.03. The van der Waals surface area contributed by atoms with Crippen LogP contribution in [0.2, 0.25) is 0 Å². The lowest BCUT2D eigenvalue weighted by atomic mass is 10.2. The van der Waals surface area contributed by atoms with E-state index in [1.54, 1.807) is 0 Å². The van der Waals surface area contributed by atoms with Gasteiger partial charge in [0.2, 0.25) is 5.89 Å². The molecule has 0 bridgehead atoms. The molecule has 1 heterocycles. The van der Waals surface area contributed by atoms with Crippen LogP contribution in [0.3, 0.4) is 0 Å². The van der Waals surface area contributed by atoms with Gasteiger partial charge in [-0.1, -0.05) is 0 Å². The first-order chi connectivity index (χ1) is 7.20. The van der Waals surface area contributed by atoms with Crippen molar-refractivity contribution in [2.75, 3.05) is 0 Å². The first kappa shape index (κ1) is 11.0. The Labute approximate surface area is 107 Å². The van der Waals surface area contributed by atoms with Crippen molar-refractivity contribution in [1.29, 1.82) is 0 Å². The van der Waals surface area contributed by atoms with Crippen molar-refractivity contribution in [3.63, 3.8) is 0 Å². The molecule has 2 aromatic rings. The molecule has 0 atom stereocenters. The van der Waals surface area contributed by atoms with Crippen molar-refractivity contribution in [2.45, 2.75) is 12.8 Å². The van der Waals surface area contributed by atoms with E-state index in [1.165, 1.54) is 3.57 Å². The molecule has 0 aliphatic heterocycles. The minimum Gasteiger partial charge on any atom is -0.441 e. The van der Waals surface area contributed by atoms with E-state index in [1.807, 2.05) is 31.2 Å². The zero-order chi connectivity index (χ0) is 10.8. The third-order valence-corrected chi connectivity index (χ3v) is 3.08. The quantitative estimate of drug-likeness (QED) is 0.613. The van der Waals surface area contributed by atoms with Gasteiger partial charge in [0.1, 0.15) is 5.76 Å². The third kappa shape index (κ3) is 2.34. The number of halogens is 2. The van der Waals surface area contributed by atoms with Gasteiger partial charge in [0.05, 0.1) is 11.6 Å². The summed E-state index contributed by atoms with van der Waals surface area (Å²) in [6.45, 7) is 1.88. The van der Waals surface area contributed by atoms with Crippen LogP contribution >= 0.6 is 34.2 Å². The van der Waals surface area contributed by atoms with Crippen LogP contribution in [0.15, 0.2) is 28.7 Å². The third-order valence-electron chi connectivity index (χ3n) is 2.11. The normalized spacial score (nSPS) is 10.6. The SMILES string of the molecule is Cc1oc(-c2ccc(I)cc2)nc1CCl. The second-order valence-electron chi connectivity index (χ2n) is 3.16. The first-order valence-electron chi connectivity index (χ1n) is 4.49. The Hall–Kier alpha value is -0.550. The van der Waals surface area contributed by atoms with E-state index in [9.17, 15) is 0 Å². The lowest BCUT2D eigenvalue weighted by molar-refractivity contribution is 0.540. The van der Waals surface area contributed by atoms with Crippen LogP contribution in [0.1, 0.15) is 11.5 Å². The highest BCUT2D eigenvalue weighted by Crippen LogP contribution is 2.23. The summed E-state index contributed by atoms with van der Waals surface area (Å²) in [7, 11) is 0. The summed E-state index contributed by atoms with van der Waals surface area (Å²) in [6.07, 6.45) is 0. The monoisotopic (exact) mass is 333 g/mol. The number of aryl methyl sites for hydroxylation is 1. The van der Waals surface area contributed by atoms with Gasteiger partial charge in [0.15, 0.2) is 0 Å². The summed E-state index contributed by atoms with van der Waals surface area (Å²) in [5.41, 5.74) is 1.79. The van der Waals surface area contributed by atoms with E-state index in [2.05, 4.69) is 27.6 Å². The largest absolute Gasteiger partial charge is 0.441 e. The van der Waals surface area contributed by atoms with Crippen LogP contribution < -0.4 is 0 Å². The molecule has 0 unspecified atom stereocenters. The molecule has 2 rings (SSSR count). The van der Waals surface area contributed by atoms with Gasteiger partial charge < -0.3 is 4.42 Å². The number of alkyl halides is 1. The molecular formula is C11H9ClINO. The molecule has 0 amide bonds. The second kappa shape index (κ2) is 4.53. The maximum Gasteiger partial charge on any atom is 0.226 e. The van der Waals surface area contributed by atoms with Crippen molar-refractivity contribution in [3.8, 4) is 11.5 Å². The topological polar surface area (TPSA) is 26.0 Å². The average Bonchev–Trinajstić information content (AvgIpc) is 2.61. The van der Waals surface area contributed by atoms with E-state index in [0.29, 0.717) is 11.8 Å². The summed E-state index contributed by atoms with van der Waals surface area (Å²) in [4.78, 5) is 4.33. The highest BCUT2D eigenvalue weighted by molar-refractivity contribution is 14.1. The Balaban J connectivity index is 2.41. The van der Waals surface area contributed by atoms with Crippen LogP contribution in [0, 0.1) is 10.5 Å². The zero-order valence-corrected chi connectivity index (χ0v) is 11.0. The molecular weight excluding hydrogens is 324 g/mol. The molecule has 78 valence electrons. The van der Waals surface area contributed by atoms with Crippen LogP contribution in [0.5, 0.6) is 0 Å². The number of rotatable bonds is 2. The van der Waals surface area contributed by atoms with Gasteiger partial charge in [0.25, 0.3) is 0 Å². The van der Waals surface area contributed by atoms with Crippen LogP contribution in [0.25, 0.3) is 11.5 Å². The summed E-state index contributed by atoms with van der Waals surface area (Å²) >= 11 is 8.00. The molecule has 0 fully saturated rings. The number of aromatic nitrogens is 1. The van der Waals surface area contributed by atoms with Crippen molar-refractivity contribution in [1.82, 2.24) is 4.98 Å². The van der Waals surface area contributed by atoms with Crippen molar-refractivity contribution in [3.05, 3.63) is 39.3 Å². The Morgan fingerprint density at radius 3 is 2.53 bits per heavy atom. The molecule has 1 aromatic heterocycles. The number of benzene rings is 1. The van der Waals surface area contributed by atoms with Gasteiger partial charge >= 0.3 is 0 Å². The fraction of sp³-hybridized carbons (Fsp3) is 0.182. The van der Waals surface area contributed by atoms with Gasteiger partial charge in [0, 0.05) is 9.13 Å². The summed E-state index contributed by atoms with van der Waals surface area (Å²) in [5, 5.41) is 0. The van der Waals surface area contributed by atoms with Crippen molar-refractivity contribution in [2.24, 2.45) is 0 Å². The Kier molecular flexibility index (Phi) is 3.31. The Morgan fingerprint density at radius 2 is 2.00 bits per heavy atom. The molecule has 0 spiro atoms. The smallest absolute Gasteiger partial charge is 0.226 e. The van der Waals surface area contributed by atoms with E-state index in [-0.39, 0.29) is 0 Å². The maximum absolute atomic E-state index is 5.73. The lowest BCUT2D eigenvalue weighted by Crippen LogP contribution is -1.81. The zero-order valence-electron chi connectivity index (χ0n) is 8.13. The van der Waals surface area contributed by atoms with E-state index in [0.717, 1.165) is 17.0 Å². The minimum absolute atomic E-state index is 0.389. The van der Waals surface area contributed by atoms with Crippen LogP contribution in [-0.4, -0.2) is 4.98 Å². The average molecular weight is 334 g/mol. The molecule has 4 heteroatoms. The molecule has 0 saturated carbocycles. The molecule has 0 aliphatic rings. The van der Waals surface area contributed by atoms with Crippen molar-refractivity contribution < 1.29 is 4.42 Å². The van der Waals surface area contributed by atoms with Crippen LogP contribution in [-0.2, 0) is 5.88 Å². The molecule has 0 saturated heterocycles. The lowest BCUT2D eigenvalue weighted by Gasteiger charge is -1.94. The van der Waals surface area contributed by atoms with Crippen LogP contribution in [0.4, 0.5) is 0 Å². The van der Waals surface area contributed by atoms with E-state index in [4.69, 9.17) is 16.0 Å². The molecule has 0 aliphatic carbocycles. The highest BCUT2D eigenvalue weighted by Gasteiger charge is 2.09. The Morgan fingerprint density at radius 1 is 1.33 bits per heavy atom. The molecule has 0 radical (unpaired) electrons. The van der Waals surface area contributed by atoms with E-state index < -0.39 is 0 Å². The van der Waals surface area contributed by atoms with E-state index >= 15 is 0 Å². The van der Waals surface area contributed by atoms with Gasteiger partial charge in [-0.15, -0.1) is 11.6 Å². The van der Waals surface area contributed by atoms with Gasteiger partial charge in [-0.05, 0) is 53.8 Å². The minimum atomic E-state index is 0.389. The fourth-order valence-electron chi connectivity index (χ4n) is 1.27. The standard InChI is InChI=1S/C11H9ClINO/c1-7-10(6-12)14-11(15-7)8-2-4-9(13)5-3-8/h2-5H,6H2,1H3. The molecule has 1 aromatic carbocycles. The highest BCUT2D eigenvalue weighted by atomic mass is 127. The maximum atomic E-state index is 5.73. The second-order valence-corrected chi connectivity index (χ2v) is 4.68. The molecule has 2 nitrogen and oxygen atoms in total. The predicted octanol–water partition coefficient (Wildman–Crippen LogP) is 3.99. The first-order valence-corrected chi connectivity index (χ1v) is 6.10. The van der Waals surface area contributed by atoms with Gasteiger partial charge in [-0.3, -0.25) is 0 Å². The number of hydrogen-bond donors (Lipinski definition) is 0. The molecule has 0 N–H and O–H groups in total. The number of nitrogens with zero attached hydrogens (tertiary/aromatic N) is 1. The van der Waals surface area contributed by atoms with Gasteiger partial charge in [-0.2, -0.15) is 0 Å². The predicted molar refractivity (Wildman–Crippen MR) is 69.0 cm³/mol. The summed E-state index contributed by atoms with van der Waals surface area (Å²) < 4.78 is 6.73. The number of hydrogen-bond acceptors (Lipinski definition) is 2. The van der Waals surface area contributed by atoms with Crippen molar-refractivity contribution >= 4 is 34.2 Å². The molecule has 15 heavy (non-hydrogen) atoms.